The molecule has 1 aromatic heterocycles. The summed E-state index contributed by atoms with van der Waals surface area (Å²) in [5, 5.41) is 1.66. The molecular formula is C22H17ClN2. The van der Waals surface area contributed by atoms with Crippen LogP contribution in [-0.2, 0) is 0 Å². The van der Waals surface area contributed by atoms with Crippen molar-refractivity contribution >= 4 is 22.5 Å². The average Bonchev–Trinajstić information content (AvgIpc) is 2.62. The maximum absolute atomic E-state index is 6.24. The molecule has 0 aliphatic heterocycles. The van der Waals surface area contributed by atoms with Crippen molar-refractivity contribution in [3.05, 3.63) is 82.9 Å². The highest BCUT2D eigenvalue weighted by Crippen LogP contribution is 2.32. The van der Waals surface area contributed by atoms with Crippen LogP contribution in [0.25, 0.3) is 33.5 Å². The first-order valence-electron chi connectivity index (χ1n) is 8.23. The second-order valence-electron chi connectivity index (χ2n) is 6.19. The SMILES string of the molecule is Cc1ccccc1-c1nc(-c2ccccc2C)c2cc(Cl)ccc2n1. The molecule has 0 radical (unpaired) electrons. The van der Waals surface area contributed by atoms with Gasteiger partial charge in [-0.2, -0.15) is 0 Å². The van der Waals surface area contributed by atoms with Crippen molar-refractivity contribution in [3.8, 4) is 22.6 Å². The van der Waals surface area contributed by atoms with Gasteiger partial charge in [-0.25, -0.2) is 9.97 Å². The maximum atomic E-state index is 6.24. The molecule has 0 bridgehead atoms. The van der Waals surface area contributed by atoms with Gasteiger partial charge in [-0.3, -0.25) is 0 Å². The van der Waals surface area contributed by atoms with Gasteiger partial charge in [0.2, 0.25) is 0 Å². The minimum Gasteiger partial charge on any atom is -0.228 e. The zero-order chi connectivity index (χ0) is 17.4. The summed E-state index contributed by atoms with van der Waals surface area (Å²) in [4.78, 5) is 9.73. The number of rotatable bonds is 2. The fraction of sp³-hybridized carbons (Fsp3) is 0.0909. The van der Waals surface area contributed by atoms with Crippen molar-refractivity contribution in [2.75, 3.05) is 0 Å². The van der Waals surface area contributed by atoms with Gasteiger partial charge in [-0.15, -0.1) is 0 Å². The van der Waals surface area contributed by atoms with Crippen LogP contribution in [0.1, 0.15) is 11.1 Å². The van der Waals surface area contributed by atoms with E-state index in [1.165, 1.54) is 5.56 Å². The Morgan fingerprint density at radius 2 is 1.36 bits per heavy atom. The van der Waals surface area contributed by atoms with E-state index in [-0.39, 0.29) is 0 Å². The van der Waals surface area contributed by atoms with Crippen molar-refractivity contribution in [2.45, 2.75) is 13.8 Å². The minimum absolute atomic E-state index is 0.689. The Morgan fingerprint density at radius 3 is 2.04 bits per heavy atom. The quantitative estimate of drug-likeness (QED) is 0.430. The molecule has 0 aliphatic carbocycles. The lowest BCUT2D eigenvalue weighted by atomic mass is 10.0. The van der Waals surface area contributed by atoms with E-state index in [1.54, 1.807) is 0 Å². The summed E-state index contributed by atoms with van der Waals surface area (Å²) in [7, 11) is 0. The second kappa shape index (κ2) is 6.30. The van der Waals surface area contributed by atoms with E-state index >= 15 is 0 Å². The Hall–Kier alpha value is -2.71. The van der Waals surface area contributed by atoms with E-state index in [1.807, 2.05) is 42.5 Å². The summed E-state index contributed by atoms with van der Waals surface area (Å²) in [5.41, 5.74) is 6.31. The van der Waals surface area contributed by atoms with Crippen LogP contribution in [0.5, 0.6) is 0 Å². The molecule has 122 valence electrons. The molecule has 0 spiro atoms. The van der Waals surface area contributed by atoms with E-state index in [2.05, 4.69) is 38.1 Å². The fourth-order valence-corrected chi connectivity index (χ4v) is 3.26. The molecule has 4 rings (SSSR count). The van der Waals surface area contributed by atoms with Crippen molar-refractivity contribution < 1.29 is 0 Å². The van der Waals surface area contributed by atoms with Crippen molar-refractivity contribution in [3.63, 3.8) is 0 Å². The standard InChI is InChI=1S/C22H17ClN2/c1-14-7-3-5-9-17(14)21-19-13-16(23)11-12-20(19)24-22(25-21)18-10-6-4-8-15(18)2/h3-13H,1-2H3. The monoisotopic (exact) mass is 344 g/mol. The average molecular weight is 345 g/mol. The summed E-state index contributed by atoms with van der Waals surface area (Å²) < 4.78 is 0. The number of fused-ring (bicyclic) bond motifs is 1. The Bertz CT molecular complexity index is 1090. The van der Waals surface area contributed by atoms with Crippen LogP contribution in [0.3, 0.4) is 0 Å². The zero-order valence-corrected chi connectivity index (χ0v) is 14.9. The number of aromatic nitrogens is 2. The number of hydrogen-bond donors (Lipinski definition) is 0. The van der Waals surface area contributed by atoms with E-state index in [0.29, 0.717) is 5.02 Å². The fourth-order valence-electron chi connectivity index (χ4n) is 3.09. The normalized spacial score (nSPS) is 11.0. The van der Waals surface area contributed by atoms with Gasteiger partial charge in [0.1, 0.15) is 0 Å². The molecule has 0 fully saturated rings. The molecule has 0 saturated heterocycles. The summed E-state index contributed by atoms with van der Waals surface area (Å²) >= 11 is 6.24. The molecule has 0 N–H and O–H groups in total. The van der Waals surface area contributed by atoms with E-state index in [0.717, 1.165) is 39.1 Å². The molecule has 2 nitrogen and oxygen atoms in total. The van der Waals surface area contributed by atoms with Crippen LogP contribution in [0.4, 0.5) is 0 Å². The van der Waals surface area contributed by atoms with Crippen LogP contribution in [0.2, 0.25) is 5.02 Å². The Labute approximate surface area is 152 Å². The van der Waals surface area contributed by atoms with Gasteiger partial charge in [0.05, 0.1) is 11.2 Å². The third-order valence-corrected chi connectivity index (χ3v) is 4.68. The molecular weight excluding hydrogens is 328 g/mol. The lowest BCUT2D eigenvalue weighted by Gasteiger charge is -2.12. The molecule has 0 amide bonds. The van der Waals surface area contributed by atoms with Crippen molar-refractivity contribution in [2.24, 2.45) is 0 Å². The van der Waals surface area contributed by atoms with Gasteiger partial charge < -0.3 is 0 Å². The van der Waals surface area contributed by atoms with Gasteiger partial charge in [0.15, 0.2) is 5.82 Å². The van der Waals surface area contributed by atoms with Gasteiger partial charge in [-0.05, 0) is 43.2 Å². The molecule has 0 saturated carbocycles. The number of nitrogens with zero attached hydrogens (tertiary/aromatic N) is 2. The first kappa shape index (κ1) is 15.8. The predicted molar refractivity (Wildman–Crippen MR) is 105 cm³/mol. The van der Waals surface area contributed by atoms with Gasteiger partial charge >= 0.3 is 0 Å². The molecule has 25 heavy (non-hydrogen) atoms. The van der Waals surface area contributed by atoms with Gasteiger partial charge in [0.25, 0.3) is 0 Å². The molecule has 3 aromatic carbocycles. The van der Waals surface area contributed by atoms with Crippen LogP contribution in [-0.4, -0.2) is 9.97 Å². The van der Waals surface area contributed by atoms with E-state index in [4.69, 9.17) is 21.6 Å². The summed E-state index contributed by atoms with van der Waals surface area (Å²) in [5.74, 6) is 0.742. The van der Waals surface area contributed by atoms with Crippen molar-refractivity contribution in [1.29, 1.82) is 0 Å². The first-order valence-corrected chi connectivity index (χ1v) is 8.60. The van der Waals surface area contributed by atoms with E-state index in [9.17, 15) is 0 Å². The van der Waals surface area contributed by atoms with Crippen molar-refractivity contribution in [1.82, 2.24) is 9.97 Å². The van der Waals surface area contributed by atoms with Crippen LogP contribution in [0, 0.1) is 13.8 Å². The Kier molecular flexibility index (Phi) is 3.98. The highest BCUT2D eigenvalue weighted by molar-refractivity contribution is 6.31. The molecule has 0 unspecified atom stereocenters. The maximum Gasteiger partial charge on any atom is 0.160 e. The number of aryl methyl sites for hydroxylation is 2. The molecule has 3 heteroatoms. The lowest BCUT2D eigenvalue weighted by molar-refractivity contribution is 1.21. The molecule has 1 heterocycles. The topological polar surface area (TPSA) is 25.8 Å². The predicted octanol–water partition coefficient (Wildman–Crippen LogP) is 6.23. The van der Waals surface area contributed by atoms with Crippen LogP contribution < -0.4 is 0 Å². The summed E-state index contributed by atoms with van der Waals surface area (Å²) in [6.45, 7) is 4.18. The Morgan fingerprint density at radius 1 is 0.720 bits per heavy atom. The lowest BCUT2D eigenvalue weighted by Crippen LogP contribution is -1.97. The second-order valence-corrected chi connectivity index (χ2v) is 6.62. The number of benzene rings is 3. The highest BCUT2D eigenvalue weighted by atomic mass is 35.5. The third-order valence-electron chi connectivity index (χ3n) is 4.44. The zero-order valence-electron chi connectivity index (χ0n) is 14.1. The number of halogens is 1. The van der Waals surface area contributed by atoms with Crippen LogP contribution >= 0.6 is 11.6 Å². The first-order chi connectivity index (χ1) is 12.1. The molecule has 0 aliphatic rings. The largest absolute Gasteiger partial charge is 0.228 e. The number of hydrogen-bond acceptors (Lipinski definition) is 2. The molecule has 4 aromatic rings. The van der Waals surface area contributed by atoms with Gasteiger partial charge in [0, 0.05) is 21.5 Å². The highest BCUT2D eigenvalue weighted by Gasteiger charge is 2.14. The summed E-state index contributed by atoms with van der Waals surface area (Å²) in [6.07, 6.45) is 0. The van der Waals surface area contributed by atoms with E-state index < -0.39 is 0 Å². The Balaban J connectivity index is 2.08. The smallest absolute Gasteiger partial charge is 0.160 e. The summed E-state index contributed by atoms with van der Waals surface area (Å²) in [6, 6.07) is 22.2. The van der Waals surface area contributed by atoms with Crippen LogP contribution in [0.15, 0.2) is 66.7 Å². The minimum atomic E-state index is 0.689. The van der Waals surface area contributed by atoms with Gasteiger partial charge in [-0.1, -0.05) is 60.1 Å². The molecule has 0 atom stereocenters. The third kappa shape index (κ3) is 2.90.